The molecule has 0 spiro atoms. The van der Waals surface area contributed by atoms with E-state index in [2.05, 4.69) is 4.74 Å². The van der Waals surface area contributed by atoms with Gasteiger partial charge < -0.3 is 29.2 Å². The van der Waals surface area contributed by atoms with Gasteiger partial charge in [-0.25, -0.2) is 4.79 Å². The molecule has 0 radical (unpaired) electrons. The highest BCUT2D eigenvalue weighted by atomic mass is 16.6. The number of benzene rings is 1. The maximum absolute atomic E-state index is 12.8. The number of rotatable bonds is 1. The zero-order valence-corrected chi connectivity index (χ0v) is 12.8. The normalized spacial score (nSPS) is 22.6. The van der Waals surface area contributed by atoms with Gasteiger partial charge >= 0.3 is 11.9 Å². The molecule has 3 rings (SSSR count). The molecular formula is C16H14O8. The zero-order valence-electron chi connectivity index (χ0n) is 12.8. The summed E-state index contributed by atoms with van der Waals surface area (Å²) >= 11 is 0. The van der Waals surface area contributed by atoms with E-state index in [0.29, 0.717) is 5.56 Å². The van der Waals surface area contributed by atoms with Crippen LogP contribution >= 0.6 is 0 Å². The van der Waals surface area contributed by atoms with E-state index in [4.69, 9.17) is 9.15 Å². The summed E-state index contributed by atoms with van der Waals surface area (Å²) in [6, 6.07) is 2.82. The molecule has 2 aromatic rings. The first-order valence-electron chi connectivity index (χ1n) is 6.93. The maximum Gasteiger partial charge on any atom is 0.346 e. The molecule has 0 aliphatic carbocycles. The van der Waals surface area contributed by atoms with Gasteiger partial charge in [0, 0.05) is 0 Å². The Morgan fingerprint density at radius 3 is 2.75 bits per heavy atom. The van der Waals surface area contributed by atoms with Crippen LogP contribution in [0, 0.1) is 6.92 Å². The Morgan fingerprint density at radius 2 is 2.08 bits per heavy atom. The molecule has 0 saturated heterocycles. The summed E-state index contributed by atoms with van der Waals surface area (Å²) in [5.41, 5.74) is -3.69. The third-order valence-corrected chi connectivity index (χ3v) is 3.83. The largest absolute Gasteiger partial charge is 0.507 e. The summed E-state index contributed by atoms with van der Waals surface area (Å²) in [5.74, 6) is -2.14. The van der Waals surface area contributed by atoms with Crippen molar-refractivity contribution in [3.63, 3.8) is 0 Å². The first-order valence-corrected chi connectivity index (χ1v) is 6.93. The highest BCUT2D eigenvalue weighted by Crippen LogP contribution is 2.38. The van der Waals surface area contributed by atoms with E-state index >= 15 is 0 Å². The van der Waals surface area contributed by atoms with Gasteiger partial charge in [0.15, 0.2) is 0 Å². The lowest BCUT2D eigenvalue weighted by Gasteiger charge is -2.27. The molecule has 0 fully saturated rings. The smallest absolute Gasteiger partial charge is 0.346 e. The highest BCUT2D eigenvalue weighted by molar-refractivity contribution is 5.89. The molecule has 8 heteroatoms. The summed E-state index contributed by atoms with van der Waals surface area (Å²) in [4.78, 5) is 24.9. The monoisotopic (exact) mass is 334 g/mol. The third kappa shape index (κ3) is 2.08. The van der Waals surface area contributed by atoms with Gasteiger partial charge in [0.2, 0.25) is 11.0 Å². The van der Waals surface area contributed by atoms with Crippen molar-refractivity contribution in [2.24, 2.45) is 0 Å². The number of phenolic OH excluding ortho intramolecular Hbond substituents is 1. The van der Waals surface area contributed by atoms with Gasteiger partial charge in [0.1, 0.15) is 28.4 Å². The van der Waals surface area contributed by atoms with Crippen molar-refractivity contribution in [3.8, 4) is 11.7 Å². The summed E-state index contributed by atoms with van der Waals surface area (Å²) in [6.45, 7) is 1.68. The number of carbonyl (C=O) groups excluding carboxylic acids is 1. The summed E-state index contributed by atoms with van der Waals surface area (Å²) in [5, 5.41) is 30.6. The van der Waals surface area contributed by atoms with Crippen molar-refractivity contribution < 1.29 is 34.0 Å². The molecule has 2 atom stereocenters. The molecule has 1 aromatic carbocycles. The number of aliphatic hydroxyl groups excluding tert-OH is 1. The molecule has 1 aromatic heterocycles. The zero-order chi connectivity index (χ0) is 17.6. The van der Waals surface area contributed by atoms with Crippen LogP contribution in [0.5, 0.6) is 11.7 Å². The lowest BCUT2D eigenvalue weighted by atomic mass is 9.88. The van der Waals surface area contributed by atoms with E-state index in [-0.39, 0.29) is 16.7 Å². The molecule has 24 heavy (non-hydrogen) atoms. The minimum Gasteiger partial charge on any atom is -0.507 e. The van der Waals surface area contributed by atoms with Crippen LogP contribution in [0.3, 0.4) is 0 Å². The van der Waals surface area contributed by atoms with Gasteiger partial charge in [0.05, 0.1) is 13.4 Å². The van der Waals surface area contributed by atoms with E-state index in [1.807, 2.05) is 0 Å². The van der Waals surface area contributed by atoms with Crippen molar-refractivity contribution in [2.45, 2.75) is 18.6 Å². The topological polar surface area (TPSA) is 126 Å². The Bertz CT molecular complexity index is 926. The fourth-order valence-corrected chi connectivity index (χ4v) is 2.66. The van der Waals surface area contributed by atoms with Crippen LogP contribution in [0.15, 0.2) is 33.7 Å². The molecule has 126 valence electrons. The molecule has 0 saturated carbocycles. The van der Waals surface area contributed by atoms with E-state index in [1.165, 1.54) is 12.1 Å². The predicted octanol–water partition coefficient (Wildman–Crippen LogP) is 0.435. The second-order valence-electron chi connectivity index (χ2n) is 5.40. The molecular weight excluding hydrogens is 320 g/mol. The van der Waals surface area contributed by atoms with E-state index in [1.54, 1.807) is 6.92 Å². The van der Waals surface area contributed by atoms with Gasteiger partial charge in [-0.2, -0.15) is 0 Å². The number of esters is 1. The van der Waals surface area contributed by atoms with E-state index in [0.717, 1.165) is 19.4 Å². The van der Waals surface area contributed by atoms with Gasteiger partial charge in [0.25, 0.3) is 0 Å². The number of methoxy groups -OCH3 is 1. The van der Waals surface area contributed by atoms with Crippen molar-refractivity contribution in [2.75, 3.05) is 7.11 Å². The molecule has 8 nitrogen and oxygen atoms in total. The summed E-state index contributed by atoms with van der Waals surface area (Å²) in [6.07, 6.45) is 0.135. The Labute approximate surface area is 135 Å². The standard InChI is InChI=1S/C16H14O8/c1-7-5-8(17)11-9(6-7)24-14-12(13(11)19)16(21,15(20)22-2)10(18)3-4-23-14/h3-6,10,17-18,21H,1-2H3/t10-,16-/m0/s1. The number of aryl methyl sites for hydroxylation is 1. The number of fused-ring (bicyclic) bond motifs is 2. The van der Waals surface area contributed by atoms with Crippen molar-refractivity contribution in [1.82, 2.24) is 0 Å². The Morgan fingerprint density at radius 1 is 1.38 bits per heavy atom. The quantitative estimate of drug-likeness (QED) is 0.641. The van der Waals surface area contributed by atoms with Gasteiger partial charge in [-0.1, -0.05) is 0 Å². The SMILES string of the molecule is COC(=O)[C@@]1(O)c2c(oc3cc(C)cc(O)c3c2=O)OC=C[C@@H]1O. The first-order chi connectivity index (χ1) is 11.3. The molecule has 1 aliphatic rings. The second-order valence-corrected chi connectivity index (χ2v) is 5.40. The van der Waals surface area contributed by atoms with Crippen LogP contribution in [-0.2, 0) is 15.1 Å². The minimum absolute atomic E-state index is 0.00764. The van der Waals surface area contributed by atoms with E-state index < -0.39 is 34.6 Å². The summed E-state index contributed by atoms with van der Waals surface area (Å²) in [7, 11) is 0.992. The minimum atomic E-state index is -2.75. The summed E-state index contributed by atoms with van der Waals surface area (Å²) < 4.78 is 15.1. The lowest BCUT2D eigenvalue weighted by Crippen LogP contribution is -2.49. The predicted molar refractivity (Wildman–Crippen MR) is 80.6 cm³/mol. The first kappa shape index (κ1) is 16.0. The van der Waals surface area contributed by atoms with Crippen LogP contribution in [0.2, 0.25) is 0 Å². The molecule has 2 heterocycles. The second kappa shape index (κ2) is 5.36. The number of hydrogen-bond donors (Lipinski definition) is 3. The van der Waals surface area contributed by atoms with Crippen molar-refractivity contribution in [3.05, 3.63) is 45.8 Å². The van der Waals surface area contributed by atoms with Crippen LogP contribution in [-0.4, -0.2) is 34.5 Å². The number of aromatic hydroxyl groups is 1. The Balaban J connectivity index is 2.47. The van der Waals surface area contributed by atoms with Gasteiger partial charge in [-0.15, -0.1) is 0 Å². The highest BCUT2D eigenvalue weighted by Gasteiger charge is 2.52. The number of carbonyl (C=O) groups is 1. The Hall–Kier alpha value is -2.84. The number of aliphatic hydroxyl groups is 2. The molecule has 0 unspecified atom stereocenters. The molecule has 1 aliphatic heterocycles. The fourth-order valence-electron chi connectivity index (χ4n) is 2.66. The van der Waals surface area contributed by atoms with Gasteiger partial charge in [-0.05, 0) is 30.7 Å². The average Bonchev–Trinajstić information content (AvgIpc) is 2.64. The van der Waals surface area contributed by atoms with Crippen LogP contribution < -0.4 is 10.2 Å². The van der Waals surface area contributed by atoms with Gasteiger partial charge in [-0.3, -0.25) is 4.79 Å². The Kier molecular flexibility index (Phi) is 3.58. The fraction of sp³-hybridized carbons (Fsp3) is 0.250. The number of ether oxygens (including phenoxy) is 2. The van der Waals surface area contributed by atoms with E-state index in [9.17, 15) is 24.9 Å². The number of phenols is 1. The molecule has 0 amide bonds. The molecule has 3 N–H and O–H groups in total. The van der Waals surface area contributed by atoms with Crippen LogP contribution in [0.4, 0.5) is 0 Å². The van der Waals surface area contributed by atoms with Crippen molar-refractivity contribution in [1.29, 1.82) is 0 Å². The third-order valence-electron chi connectivity index (χ3n) is 3.83. The number of hydrogen-bond acceptors (Lipinski definition) is 8. The molecule has 0 bridgehead atoms. The maximum atomic E-state index is 12.8. The average molecular weight is 334 g/mol. The van der Waals surface area contributed by atoms with Crippen LogP contribution in [0.1, 0.15) is 11.1 Å². The lowest BCUT2D eigenvalue weighted by molar-refractivity contribution is -0.173. The van der Waals surface area contributed by atoms with Crippen molar-refractivity contribution >= 4 is 16.9 Å². The van der Waals surface area contributed by atoms with Crippen LogP contribution in [0.25, 0.3) is 11.0 Å².